The van der Waals surface area contributed by atoms with Crippen molar-refractivity contribution in [2.24, 2.45) is 0 Å². The molecule has 3 nitrogen and oxygen atoms in total. The molecule has 0 aromatic carbocycles. The van der Waals surface area contributed by atoms with Crippen LogP contribution in [0.5, 0.6) is 0 Å². The van der Waals surface area contributed by atoms with E-state index in [-0.39, 0.29) is 6.04 Å². The van der Waals surface area contributed by atoms with Gasteiger partial charge in [0.25, 0.3) is 0 Å². The Morgan fingerprint density at radius 3 is 2.94 bits per heavy atom. The minimum atomic E-state index is 0.169. The van der Waals surface area contributed by atoms with Gasteiger partial charge in [-0.25, -0.2) is 0 Å². The number of pyridine rings is 1. The molecule has 2 rings (SSSR count). The van der Waals surface area contributed by atoms with Crippen LogP contribution in [0.2, 0.25) is 0 Å². The molecule has 0 saturated carbocycles. The second-order valence-corrected chi connectivity index (χ2v) is 5.47. The SMILES string of the molecule is CC(NCc1ncc(Br)cc1Br)c1ccco1. The fourth-order valence-corrected chi connectivity index (χ4v) is 2.59. The van der Waals surface area contributed by atoms with E-state index in [1.165, 1.54) is 0 Å². The van der Waals surface area contributed by atoms with Crippen molar-refractivity contribution in [1.29, 1.82) is 0 Å². The average molecular weight is 360 g/mol. The van der Waals surface area contributed by atoms with E-state index in [0.29, 0.717) is 6.54 Å². The minimum absolute atomic E-state index is 0.169. The van der Waals surface area contributed by atoms with Gasteiger partial charge in [-0.3, -0.25) is 4.98 Å². The molecule has 1 unspecified atom stereocenters. The zero-order chi connectivity index (χ0) is 12.3. The highest BCUT2D eigenvalue weighted by Gasteiger charge is 2.09. The number of furan rings is 1. The number of nitrogens with zero attached hydrogens (tertiary/aromatic N) is 1. The summed E-state index contributed by atoms with van der Waals surface area (Å²) in [6.45, 7) is 2.75. The molecule has 0 aliphatic carbocycles. The van der Waals surface area contributed by atoms with Crippen LogP contribution in [0.1, 0.15) is 24.4 Å². The van der Waals surface area contributed by atoms with Crippen LogP contribution in [0.3, 0.4) is 0 Å². The van der Waals surface area contributed by atoms with Crippen LogP contribution in [-0.4, -0.2) is 4.98 Å². The zero-order valence-electron chi connectivity index (χ0n) is 9.28. The first kappa shape index (κ1) is 12.8. The minimum Gasteiger partial charge on any atom is -0.468 e. The molecule has 0 saturated heterocycles. The molecule has 0 fully saturated rings. The van der Waals surface area contributed by atoms with Crippen LogP contribution >= 0.6 is 31.9 Å². The van der Waals surface area contributed by atoms with Crippen molar-refractivity contribution >= 4 is 31.9 Å². The molecular weight excluding hydrogens is 348 g/mol. The smallest absolute Gasteiger partial charge is 0.120 e. The summed E-state index contributed by atoms with van der Waals surface area (Å²) in [6, 6.07) is 6.01. The maximum Gasteiger partial charge on any atom is 0.120 e. The van der Waals surface area contributed by atoms with Crippen molar-refractivity contribution in [2.45, 2.75) is 19.5 Å². The summed E-state index contributed by atoms with van der Waals surface area (Å²) in [4.78, 5) is 4.34. The number of aromatic nitrogens is 1. The number of nitrogens with one attached hydrogen (secondary N) is 1. The van der Waals surface area contributed by atoms with E-state index >= 15 is 0 Å². The fraction of sp³-hybridized carbons (Fsp3) is 0.250. The van der Waals surface area contributed by atoms with Gasteiger partial charge in [-0.05, 0) is 57.0 Å². The predicted octanol–water partition coefficient (Wildman–Crippen LogP) is 4.05. The Bertz CT molecular complexity index is 485. The summed E-state index contributed by atoms with van der Waals surface area (Å²) >= 11 is 6.87. The third-order valence-electron chi connectivity index (χ3n) is 2.43. The second kappa shape index (κ2) is 5.80. The van der Waals surface area contributed by atoms with Gasteiger partial charge in [0.15, 0.2) is 0 Å². The molecule has 0 spiro atoms. The molecule has 2 aromatic heterocycles. The lowest BCUT2D eigenvalue weighted by molar-refractivity contribution is 0.428. The first-order valence-electron chi connectivity index (χ1n) is 5.23. The highest BCUT2D eigenvalue weighted by atomic mass is 79.9. The summed E-state index contributed by atoms with van der Waals surface area (Å²) in [6.07, 6.45) is 3.47. The highest BCUT2D eigenvalue weighted by Crippen LogP contribution is 2.20. The number of rotatable bonds is 4. The van der Waals surface area contributed by atoms with Gasteiger partial charge in [-0.15, -0.1) is 0 Å². The van der Waals surface area contributed by atoms with Gasteiger partial charge >= 0.3 is 0 Å². The first-order valence-corrected chi connectivity index (χ1v) is 6.82. The second-order valence-electron chi connectivity index (χ2n) is 3.70. The molecule has 0 aliphatic heterocycles. The number of halogens is 2. The van der Waals surface area contributed by atoms with Crippen molar-refractivity contribution in [3.8, 4) is 0 Å². The van der Waals surface area contributed by atoms with E-state index in [0.717, 1.165) is 20.4 Å². The fourth-order valence-electron chi connectivity index (χ4n) is 1.46. The van der Waals surface area contributed by atoms with Crippen LogP contribution in [0.15, 0.2) is 44.0 Å². The standard InChI is InChI=1S/C12H12Br2N2O/c1-8(12-3-2-4-17-12)15-7-11-10(14)5-9(13)6-16-11/h2-6,8,15H,7H2,1H3. The summed E-state index contributed by atoms with van der Waals surface area (Å²) < 4.78 is 7.29. The third kappa shape index (κ3) is 3.40. The van der Waals surface area contributed by atoms with Gasteiger partial charge < -0.3 is 9.73 Å². The molecule has 0 aliphatic rings. The van der Waals surface area contributed by atoms with E-state index < -0.39 is 0 Å². The molecule has 90 valence electrons. The Morgan fingerprint density at radius 1 is 1.47 bits per heavy atom. The van der Waals surface area contributed by atoms with Crippen LogP contribution < -0.4 is 5.32 Å². The molecule has 0 radical (unpaired) electrons. The summed E-state index contributed by atoms with van der Waals surface area (Å²) in [5, 5.41) is 3.36. The van der Waals surface area contributed by atoms with Gasteiger partial charge in [-0.2, -0.15) is 0 Å². The van der Waals surface area contributed by atoms with Gasteiger partial charge in [0.05, 0.1) is 18.0 Å². The van der Waals surface area contributed by atoms with Crippen LogP contribution in [-0.2, 0) is 6.54 Å². The molecule has 0 amide bonds. The van der Waals surface area contributed by atoms with E-state index in [1.807, 2.05) is 18.2 Å². The number of hydrogen-bond donors (Lipinski definition) is 1. The first-order chi connectivity index (χ1) is 8.16. The molecule has 0 bridgehead atoms. The lowest BCUT2D eigenvalue weighted by Crippen LogP contribution is -2.18. The van der Waals surface area contributed by atoms with Crippen molar-refractivity contribution in [1.82, 2.24) is 10.3 Å². The Balaban J connectivity index is 1.98. The Labute approximate surface area is 117 Å². The van der Waals surface area contributed by atoms with E-state index in [2.05, 4.69) is 49.1 Å². The molecule has 17 heavy (non-hydrogen) atoms. The topological polar surface area (TPSA) is 38.1 Å². The largest absolute Gasteiger partial charge is 0.468 e. The molecule has 2 heterocycles. The third-order valence-corrected chi connectivity index (χ3v) is 3.55. The molecular formula is C12H12Br2N2O. The van der Waals surface area contributed by atoms with Gasteiger partial charge in [0.2, 0.25) is 0 Å². The maximum absolute atomic E-state index is 5.33. The van der Waals surface area contributed by atoms with Crippen LogP contribution in [0.4, 0.5) is 0 Å². The number of hydrogen-bond acceptors (Lipinski definition) is 3. The Kier molecular flexibility index (Phi) is 4.36. The Hall–Kier alpha value is -0.650. The predicted molar refractivity (Wildman–Crippen MR) is 73.6 cm³/mol. The van der Waals surface area contributed by atoms with E-state index in [9.17, 15) is 0 Å². The average Bonchev–Trinajstić information content (AvgIpc) is 2.81. The molecule has 1 N–H and O–H groups in total. The van der Waals surface area contributed by atoms with Gasteiger partial charge in [0.1, 0.15) is 5.76 Å². The summed E-state index contributed by atoms with van der Waals surface area (Å²) in [5.74, 6) is 0.929. The quantitative estimate of drug-likeness (QED) is 0.894. The highest BCUT2D eigenvalue weighted by molar-refractivity contribution is 9.11. The normalized spacial score (nSPS) is 12.6. The summed E-state index contributed by atoms with van der Waals surface area (Å²) in [5.41, 5.74) is 0.978. The monoisotopic (exact) mass is 358 g/mol. The van der Waals surface area contributed by atoms with Crippen LogP contribution in [0, 0.1) is 0 Å². The maximum atomic E-state index is 5.33. The van der Waals surface area contributed by atoms with Gasteiger partial charge in [-0.1, -0.05) is 0 Å². The zero-order valence-corrected chi connectivity index (χ0v) is 12.5. The molecule has 2 aromatic rings. The van der Waals surface area contributed by atoms with Crippen molar-refractivity contribution in [3.63, 3.8) is 0 Å². The lowest BCUT2D eigenvalue weighted by atomic mass is 10.2. The van der Waals surface area contributed by atoms with E-state index in [1.54, 1.807) is 12.5 Å². The van der Waals surface area contributed by atoms with Gasteiger partial charge in [0, 0.05) is 21.7 Å². The van der Waals surface area contributed by atoms with Crippen molar-refractivity contribution in [2.75, 3.05) is 0 Å². The molecule has 5 heteroatoms. The van der Waals surface area contributed by atoms with E-state index in [4.69, 9.17) is 4.42 Å². The summed E-state index contributed by atoms with van der Waals surface area (Å²) in [7, 11) is 0. The van der Waals surface area contributed by atoms with Crippen LogP contribution in [0.25, 0.3) is 0 Å². The van der Waals surface area contributed by atoms with Crippen molar-refractivity contribution in [3.05, 3.63) is 51.1 Å². The Morgan fingerprint density at radius 2 is 2.29 bits per heavy atom. The lowest BCUT2D eigenvalue weighted by Gasteiger charge is -2.11. The molecule has 1 atom stereocenters. The van der Waals surface area contributed by atoms with Crippen molar-refractivity contribution < 1.29 is 4.42 Å².